The molecule has 7 heteroatoms. The van der Waals surface area contributed by atoms with E-state index < -0.39 is 6.04 Å². The Balaban J connectivity index is 1.56. The second kappa shape index (κ2) is 7.40. The molecule has 0 aliphatic carbocycles. The molecule has 3 amide bonds. The summed E-state index contributed by atoms with van der Waals surface area (Å²) in [6, 6.07) is 5.92. The fraction of sp³-hybridized carbons (Fsp3) is 0.550. The molecule has 4 rings (SSSR count). The average Bonchev–Trinajstić information content (AvgIpc) is 3.29. The standard InChI is InChI=1S/C20H26N4O3/c1-2-23(15-8-9-21-10-15)11-13-4-3-5-14-12-24(20(27)18(13)14)16-6-7-17(25)22-19(16)26/h3-5,15-16,21H,2,6-12H2,1H3,(H,22,25,26). The lowest BCUT2D eigenvalue weighted by molar-refractivity contribution is -0.136. The van der Waals surface area contributed by atoms with Gasteiger partial charge in [-0.1, -0.05) is 25.1 Å². The van der Waals surface area contributed by atoms with E-state index in [-0.39, 0.29) is 24.1 Å². The fourth-order valence-corrected chi connectivity index (χ4v) is 4.49. The highest BCUT2D eigenvalue weighted by Gasteiger charge is 2.40. The lowest BCUT2D eigenvalue weighted by Crippen LogP contribution is -2.52. The van der Waals surface area contributed by atoms with E-state index >= 15 is 0 Å². The quantitative estimate of drug-likeness (QED) is 0.743. The lowest BCUT2D eigenvalue weighted by Gasteiger charge is -2.29. The summed E-state index contributed by atoms with van der Waals surface area (Å²) >= 11 is 0. The molecule has 1 aromatic carbocycles. The minimum Gasteiger partial charge on any atom is -0.322 e. The number of hydrogen-bond acceptors (Lipinski definition) is 5. The van der Waals surface area contributed by atoms with Crippen LogP contribution in [0.15, 0.2) is 18.2 Å². The van der Waals surface area contributed by atoms with Crippen LogP contribution in [0.25, 0.3) is 0 Å². The van der Waals surface area contributed by atoms with Crippen molar-refractivity contribution in [2.24, 2.45) is 0 Å². The van der Waals surface area contributed by atoms with E-state index in [9.17, 15) is 14.4 Å². The molecule has 2 unspecified atom stereocenters. The molecule has 0 radical (unpaired) electrons. The molecule has 0 saturated carbocycles. The number of nitrogens with zero attached hydrogens (tertiary/aromatic N) is 2. The van der Waals surface area contributed by atoms with Crippen molar-refractivity contribution in [3.05, 3.63) is 34.9 Å². The van der Waals surface area contributed by atoms with Crippen LogP contribution in [0.1, 0.15) is 47.7 Å². The van der Waals surface area contributed by atoms with E-state index in [0.717, 1.165) is 49.3 Å². The number of benzene rings is 1. The highest BCUT2D eigenvalue weighted by atomic mass is 16.2. The molecule has 3 heterocycles. The molecule has 7 nitrogen and oxygen atoms in total. The van der Waals surface area contributed by atoms with Crippen molar-refractivity contribution in [1.82, 2.24) is 20.4 Å². The Bertz CT molecular complexity index is 772. The molecular formula is C20H26N4O3. The predicted octanol–water partition coefficient (Wildman–Crippen LogP) is 0.631. The summed E-state index contributed by atoms with van der Waals surface area (Å²) in [6.07, 6.45) is 1.80. The van der Waals surface area contributed by atoms with Crippen LogP contribution in [0.3, 0.4) is 0 Å². The number of imide groups is 1. The Kier molecular flexibility index (Phi) is 4.97. The van der Waals surface area contributed by atoms with Crippen molar-refractivity contribution in [3.8, 4) is 0 Å². The third-order valence-electron chi connectivity index (χ3n) is 5.97. The minimum atomic E-state index is -0.559. The molecule has 2 saturated heterocycles. The molecular weight excluding hydrogens is 344 g/mol. The third kappa shape index (κ3) is 3.37. The van der Waals surface area contributed by atoms with Crippen LogP contribution in [-0.4, -0.2) is 59.2 Å². The zero-order chi connectivity index (χ0) is 19.0. The Hall–Kier alpha value is -2.25. The number of likely N-dealkylation sites (N-methyl/N-ethyl adjacent to an activating group) is 1. The first-order valence-corrected chi connectivity index (χ1v) is 9.78. The summed E-state index contributed by atoms with van der Waals surface area (Å²) < 4.78 is 0. The van der Waals surface area contributed by atoms with Gasteiger partial charge >= 0.3 is 0 Å². The molecule has 2 N–H and O–H groups in total. The maximum Gasteiger partial charge on any atom is 0.255 e. The van der Waals surface area contributed by atoms with Gasteiger partial charge in [0, 0.05) is 37.7 Å². The zero-order valence-electron chi connectivity index (χ0n) is 15.7. The smallest absolute Gasteiger partial charge is 0.255 e. The van der Waals surface area contributed by atoms with E-state index in [1.165, 1.54) is 0 Å². The van der Waals surface area contributed by atoms with Crippen LogP contribution in [0.4, 0.5) is 0 Å². The monoisotopic (exact) mass is 370 g/mol. The number of piperidine rings is 1. The zero-order valence-corrected chi connectivity index (χ0v) is 15.7. The van der Waals surface area contributed by atoms with Gasteiger partial charge in [-0.05, 0) is 37.1 Å². The first-order valence-electron chi connectivity index (χ1n) is 9.78. The van der Waals surface area contributed by atoms with Crippen LogP contribution in [0.2, 0.25) is 0 Å². The lowest BCUT2D eigenvalue weighted by atomic mass is 10.0. The fourth-order valence-electron chi connectivity index (χ4n) is 4.49. The van der Waals surface area contributed by atoms with Gasteiger partial charge in [-0.15, -0.1) is 0 Å². The Labute approximate surface area is 159 Å². The van der Waals surface area contributed by atoms with Gasteiger partial charge in [-0.3, -0.25) is 24.6 Å². The Morgan fingerprint density at radius 1 is 1.22 bits per heavy atom. The van der Waals surface area contributed by atoms with Crippen LogP contribution in [0.5, 0.6) is 0 Å². The van der Waals surface area contributed by atoms with Gasteiger partial charge in [0.2, 0.25) is 11.8 Å². The molecule has 0 aromatic heterocycles. The molecule has 2 fully saturated rings. The van der Waals surface area contributed by atoms with Crippen LogP contribution in [0, 0.1) is 0 Å². The molecule has 0 bridgehead atoms. The molecule has 1 aromatic rings. The highest BCUT2D eigenvalue weighted by Crippen LogP contribution is 2.30. The molecule has 0 spiro atoms. The van der Waals surface area contributed by atoms with E-state index in [2.05, 4.69) is 22.5 Å². The topological polar surface area (TPSA) is 81.8 Å². The second-order valence-electron chi connectivity index (χ2n) is 7.56. The number of carbonyl (C=O) groups excluding carboxylic acids is 3. The minimum absolute atomic E-state index is 0.0873. The summed E-state index contributed by atoms with van der Waals surface area (Å²) in [4.78, 5) is 40.9. The summed E-state index contributed by atoms with van der Waals surface area (Å²) in [5.74, 6) is -0.707. The largest absolute Gasteiger partial charge is 0.322 e. The third-order valence-corrected chi connectivity index (χ3v) is 5.97. The molecule has 144 valence electrons. The van der Waals surface area contributed by atoms with Crippen molar-refractivity contribution >= 4 is 17.7 Å². The highest BCUT2D eigenvalue weighted by molar-refractivity contribution is 6.05. The van der Waals surface area contributed by atoms with Gasteiger partial charge in [-0.2, -0.15) is 0 Å². The normalized spacial score (nSPS) is 25.3. The maximum atomic E-state index is 13.2. The first-order chi connectivity index (χ1) is 13.1. The van der Waals surface area contributed by atoms with Crippen molar-refractivity contribution in [1.29, 1.82) is 0 Å². The van der Waals surface area contributed by atoms with Crippen LogP contribution in [-0.2, 0) is 22.7 Å². The van der Waals surface area contributed by atoms with Crippen molar-refractivity contribution in [3.63, 3.8) is 0 Å². The van der Waals surface area contributed by atoms with Crippen LogP contribution < -0.4 is 10.6 Å². The van der Waals surface area contributed by atoms with Crippen molar-refractivity contribution in [2.45, 2.75) is 51.4 Å². The molecule has 2 atom stereocenters. The SMILES string of the molecule is CCN(Cc1cccc2c1C(=O)N(C1CCC(=O)NC1=O)C2)C1CCNC1. The summed E-state index contributed by atoms with van der Waals surface area (Å²) in [5, 5.41) is 5.76. The van der Waals surface area contributed by atoms with Gasteiger partial charge in [0.25, 0.3) is 5.91 Å². The number of hydrogen-bond donors (Lipinski definition) is 2. The summed E-state index contributed by atoms with van der Waals surface area (Å²) in [6.45, 7) is 6.28. The Morgan fingerprint density at radius 2 is 2.07 bits per heavy atom. The molecule has 3 aliphatic rings. The number of carbonyl (C=O) groups is 3. The van der Waals surface area contributed by atoms with Crippen molar-refractivity contribution in [2.75, 3.05) is 19.6 Å². The van der Waals surface area contributed by atoms with Gasteiger partial charge in [0.15, 0.2) is 0 Å². The Morgan fingerprint density at radius 3 is 2.78 bits per heavy atom. The van der Waals surface area contributed by atoms with Gasteiger partial charge in [0.05, 0.1) is 0 Å². The first kappa shape index (κ1) is 18.1. The van der Waals surface area contributed by atoms with E-state index in [1.54, 1.807) is 4.90 Å². The van der Waals surface area contributed by atoms with Gasteiger partial charge in [-0.25, -0.2) is 0 Å². The van der Waals surface area contributed by atoms with E-state index in [0.29, 0.717) is 19.0 Å². The molecule has 3 aliphatic heterocycles. The number of amides is 3. The average molecular weight is 370 g/mol. The summed E-state index contributed by atoms with van der Waals surface area (Å²) in [5.41, 5.74) is 2.75. The van der Waals surface area contributed by atoms with E-state index in [1.807, 2.05) is 18.2 Å². The number of rotatable bonds is 5. The van der Waals surface area contributed by atoms with E-state index in [4.69, 9.17) is 0 Å². The van der Waals surface area contributed by atoms with Crippen molar-refractivity contribution < 1.29 is 14.4 Å². The number of fused-ring (bicyclic) bond motifs is 1. The van der Waals surface area contributed by atoms with Gasteiger partial charge < -0.3 is 10.2 Å². The second-order valence-corrected chi connectivity index (χ2v) is 7.56. The summed E-state index contributed by atoms with van der Waals surface area (Å²) in [7, 11) is 0. The van der Waals surface area contributed by atoms with Gasteiger partial charge in [0.1, 0.15) is 6.04 Å². The molecule has 27 heavy (non-hydrogen) atoms. The predicted molar refractivity (Wildman–Crippen MR) is 99.8 cm³/mol. The maximum absolute atomic E-state index is 13.2. The number of nitrogens with one attached hydrogen (secondary N) is 2. The van der Waals surface area contributed by atoms with Crippen LogP contribution >= 0.6 is 0 Å².